The SMILES string of the molecule is COc1cc(C2(N=C=O)CC2)ccc1OC1CCOC1. The second kappa shape index (κ2) is 5.27. The van der Waals surface area contributed by atoms with Gasteiger partial charge in [-0.05, 0) is 30.5 Å². The molecule has 1 aliphatic carbocycles. The van der Waals surface area contributed by atoms with E-state index in [9.17, 15) is 4.79 Å². The minimum atomic E-state index is -0.385. The summed E-state index contributed by atoms with van der Waals surface area (Å²) in [7, 11) is 1.61. The number of hydrogen-bond acceptors (Lipinski definition) is 5. The Hall–Kier alpha value is -1.84. The van der Waals surface area contributed by atoms with Crippen LogP contribution in [-0.2, 0) is 15.1 Å². The molecule has 0 radical (unpaired) electrons. The predicted octanol–water partition coefficient (Wildman–Crippen LogP) is 2.19. The molecule has 1 aromatic rings. The number of aliphatic imine (C=N–C) groups is 1. The lowest BCUT2D eigenvalue weighted by atomic mass is 10.0. The molecule has 0 aromatic heterocycles. The highest BCUT2D eigenvalue weighted by Gasteiger charge is 2.45. The van der Waals surface area contributed by atoms with Crippen molar-refractivity contribution >= 4 is 6.08 Å². The molecular weight excluding hydrogens is 258 g/mol. The fourth-order valence-corrected chi connectivity index (χ4v) is 2.51. The molecule has 5 heteroatoms. The maximum absolute atomic E-state index is 10.5. The highest BCUT2D eigenvalue weighted by atomic mass is 16.6. The summed E-state index contributed by atoms with van der Waals surface area (Å²) in [5.41, 5.74) is 0.594. The van der Waals surface area contributed by atoms with Gasteiger partial charge in [-0.1, -0.05) is 6.07 Å². The number of methoxy groups -OCH3 is 1. The van der Waals surface area contributed by atoms with Gasteiger partial charge < -0.3 is 14.2 Å². The monoisotopic (exact) mass is 275 g/mol. The van der Waals surface area contributed by atoms with Gasteiger partial charge in [0, 0.05) is 6.42 Å². The van der Waals surface area contributed by atoms with Gasteiger partial charge in [0.25, 0.3) is 0 Å². The summed E-state index contributed by atoms with van der Waals surface area (Å²) in [5, 5.41) is 0. The van der Waals surface area contributed by atoms with Gasteiger partial charge in [-0.25, -0.2) is 4.79 Å². The maximum Gasteiger partial charge on any atom is 0.235 e. The number of ether oxygens (including phenoxy) is 3. The Morgan fingerprint density at radius 3 is 2.85 bits per heavy atom. The van der Waals surface area contributed by atoms with Crippen LogP contribution in [0.15, 0.2) is 23.2 Å². The van der Waals surface area contributed by atoms with Gasteiger partial charge in [-0.3, -0.25) is 0 Å². The first kappa shape index (κ1) is 13.2. The smallest absolute Gasteiger partial charge is 0.235 e. The molecule has 1 unspecified atom stereocenters. The van der Waals surface area contributed by atoms with Gasteiger partial charge in [-0.15, -0.1) is 0 Å². The predicted molar refractivity (Wildman–Crippen MR) is 71.9 cm³/mol. The lowest BCUT2D eigenvalue weighted by Crippen LogP contribution is -2.16. The zero-order valence-electron chi connectivity index (χ0n) is 11.4. The first-order valence-corrected chi connectivity index (χ1v) is 6.79. The molecule has 0 spiro atoms. The third kappa shape index (κ3) is 2.42. The van der Waals surface area contributed by atoms with Crippen LogP contribution in [-0.4, -0.2) is 32.5 Å². The van der Waals surface area contributed by atoms with E-state index in [-0.39, 0.29) is 11.6 Å². The van der Waals surface area contributed by atoms with Crippen molar-refractivity contribution in [3.8, 4) is 11.5 Å². The van der Waals surface area contributed by atoms with E-state index in [1.165, 1.54) is 0 Å². The van der Waals surface area contributed by atoms with E-state index >= 15 is 0 Å². The molecule has 1 atom stereocenters. The molecule has 1 heterocycles. The van der Waals surface area contributed by atoms with Crippen molar-refractivity contribution in [3.63, 3.8) is 0 Å². The van der Waals surface area contributed by atoms with Gasteiger partial charge >= 0.3 is 0 Å². The van der Waals surface area contributed by atoms with Gasteiger partial charge in [0.1, 0.15) is 6.10 Å². The van der Waals surface area contributed by atoms with Crippen molar-refractivity contribution in [3.05, 3.63) is 23.8 Å². The van der Waals surface area contributed by atoms with Gasteiger partial charge in [0.05, 0.1) is 25.9 Å². The van der Waals surface area contributed by atoms with Gasteiger partial charge in [0.15, 0.2) is 11.5 Å². The maximum atomic E-state index is 10.5. The van der Waals surface area contributed by atoms with Crippen LogP contribution in [0.1, 0.15) is 24.8 Å². The largest absolute Gasteiger partial charge is 0.493 e. The molecule has 2 aliphatic rings. The number of nitrogens with zero attached hydrogens (tertiary/aromatic N) is 1. The van der Waals surface area contributed by atoms with Crippen LogP contribution in [0.25, 0.3) is 0 Å². The minimum absolute atomic E-state index is 0.0811. The second-order valence-electron chi connectivity index (χ2n) is 5.20. The molecular formula is C15H17NO4. The van der Waals surface area contributed by atoms with Crippen molar-refractivity contribution < 1.29 is 19.0 Å². The Labute approximate surface area is 117 Å². The van der Waals surface area contributed by atoms with Gasteiger partial charge in [0.2, 0.25) is 6.08 Å². The minimum Gasteiger partial charge on any atom is -0.493 e. The molecule has 2 fully saturated rings. The number of carbonyl (C=O) groups excluding carboxylic acids is 1. The van der Waals surface area contributed by atoms with E-state index in [2.05, 4.69) is 4.99 Å². The van der Waals surface area contributed by atoms with E-state index in [4.69, 9.17) is 14.2 Å². The van der Waals surface area contributed by atoms with Gasteiger partial charge in [-0.2, -0.15) is 4.99 Å². The Morgan fingerprint density at radius 2 is 2.25 bits per heavy atom. The molecule has 5 nitrogen and oxygen atoms in total. The fraction of sp³-hybridized carbons (Fsp3) is 0.533. The molecule has 1 saturated heterocycles. The highest BCUT2D eigenvalue weighted by molar-refractivity contribution is 5.48. The molecule has 20 heavy (non-hydrogen) atoms. The van der Waals surface area contributed by atoms with Crippen LogP contribution >= 0.6 is 0 Å². The Kier molecular flexibility index (Phi) is 3.47. The van der Waals surface area contributed by atoms with Crippen molar-refractivity contribution in [2.45, 2.75) is 30.9 Å². The molecule has 1 aromatic carbocycles. The van der Waals surface area contributed by atoms with Crippen LogP contribution in [0.4, 0.5) is 0 Å². The topological polar surface area (TPSA) is 57.1 Å². The lowest BCUT2D eigenvalue weighted by Gasteiger charge is -2.17. The Morgan fingerprint density at radius 1 is 1.40 bits per heavy atom. The highest BCUT2D eigenvalue weighted by Crippen LogP contribution is 2.50. The molecule has 0 bridgehead atoms. The van der Waals surface area contributed by atoms with E-state index < -0.39 is 0 Å². The molecule has 0 amide bonds. The average Bonchev–Trinajstić information content (AvgIpc) is 3.07. The zero-order chi connectivity index (χ0) is 14.0. The van der Waals surface area contributed by atoms with Crippen LogP contribution in [0.5, 0.6) is 11.5 Å². The van der Waals surface area contributed by atoms with Crippen molar-refractivity contribution in [2.24, 2.45) is 4.99 Å². The molecule has 1 aliphatic heterocycles. The average molecular weight is 275 g/mol. The molecule has 3 rings (SSSR count). The number of hydrogen-bond donors (Lipinski definition) is 0. The van der Waals surface area contributed by atoms with Crippen molar-refractivity contribution in [2.75, 3.05) is 20.3 Å². The standard InChI is InChI=1S/C15H17NO4/c1-18-14-8-11(15(5-6-15)16-10-17)2-3-13(14)20-12-4-7-19-9-12/h2-3,8,12H,4-7,9H2,1H3. The van der Waals surface area contributed by atoms with Crippen molar-refractivity contribution in [1.82, 2.24) is 0 Å². The van der Waals surface area contributed by atoms with Crippen LogP contribution in [0, 0.1) is 0 Å². The van der Waals surface area contributed by atoms with E-state index in [1.807, 2.05) is 18.2 Å². The summed E-state index contributed by atoms with van der Waals surface area (Å²) in [4.78, 5) is 14.4. The summed E-state index contributed by atoms with van der Waals surface area (Å²) in [5.74, 6) is 1.37. The van der Waals surface area contributed by atoms with E-state index in [1.54, 1.807) is 13.2 Å². The summed E-state index contributed by atoms with van der Waals surface area (Å²) in [6, 6.07) is 5.73. The third-order valence-electron chi connectivity index (χ3n) is 3.87. The summed E-state index contributed by atoms with van der Waals surface area (Å²) in [6.45, 7) is 1.35. The molecule has 1 saturated carbocycles. The number of rotatable bonds is 5. The van der Waals surface area contributed by atoms with Crippen LogP contribution in [0.2, 0.25) is 0 Å². The van der Waals surface area contributed by atoms with Crippen molar-refractivity contribution in [1.29, 1.82) is 0 Å². The first-order chi connectivity index (χ1) is 9.77. The fourth-order valence-electron chi connectivity index (χ4n) is 2.51. The zero-order valence-corrected chi connectivity index (χ0v) is 11.4. The molecule has 106 valence electrons. The molecule has 0 N–H and O–H groups in total. The third-order valence-corrected chi connectivity index (χ3v) is 3.87. The van der Waals surface area contributed by atoms with E-state index in [0.717, 1.165) is 31.4 Å². The van der Waals surface area contributed by atoms with Crippen LogP contribution in [0.3, 0.4) is 0 Å². The summed E-state index contributed by atoms with van der Waals surface area (Å²) < 4.78 is 16.6. The Bertz CT molecular complexity index is 541. The normalized spacial score (nSPS) is 22.9. The lowest BCUT2D eigenvalue weighted by molar-refractivity contribution is 0.138. The first-order valence-electron chi connectivity index (χ1n) is 6.79. The van der Waals surface area contributed by atoms with Crippen LogP contribution < -0.4 is 9.47 Å². The summed E-state index contributed by atoms with van der Waals surface area (Å²) >= 11 is 0. The second-order valence-corrected chi connectivity index (χ2v) is 5.20. The Balaban J connectivity index is 1.84. The summed E-state index contributed by atoms with van der Waals surface area (Å²) in [6.07, 6.45) is 4.39. The number of isocyanates is 1. The number of benzene rings is 1. The van der Waals surface area contributed by atoms with E-state index in [0.29, 0.717) is 18.1 Å². The quantitative estimate of drug-likeness (QED) is 0.610.